The number of hydrogen-bond acceptors (Lipinski definition) is 3. The summed E-state index contributed by atoms with van der Waals surface area (Å²) in [6.07, 6.45) is 3.18. The number of carbonyl (C=O) groups is 2. The standard InChI is InChI=1S/C21H21F2N3O2/c1-13(19(27)25-18-7-5-16(22)12-24-18)14-4-6-17-15(11-14)3-2-10-26(17)20(28)21(23)8-9-21/h4-7,11-13H,2-3,8-10H2,1H3,(H,24,25,27)/t13-/m0/s1. The molecule has 2 aromatic rings. The number of aromatic nitrogens is 1. The maximum absolute atomic E-state index is 14.2. The predicted octanol–water partition coefficient (Wildman–Crippen LogP) is 3.74. The summed E-state index contributed by atoms with van der Waals surface area (Å²) in [4.78, 5) is 30.4. The lowest BCUT2D eigenvalue weighted by atomic mass is 9.93. The Morgan fingerprint density at radius 2 is 2.04 bits per heavy atom. The molecule has 1 N–H and O–H groups in total. The van der Waals surface area contributed by atoms with E-state index in [1.165, 1.54) is 12.1 Å². The van der Waals surface area contributed by atoms with Gasteiger partial charge in [0.1, 0.15) is 11.6 Å². The average molecular weight is 385 g/mol. The van der Waals surface area contributed by atoms with Crippen molar-refractivity contribution in [2.75, 3.05) is 16.8 Å². The van der Waals surface area contributed by atoms with Gasteiger partial charge < -0.3 is 10.2 Å². The van der Waals surface area contributed by atoms with E-state index in [1.54, 1.807) is 24.0 Å². The maximum Gasteiger partial charge on any atom is 0.264 e. The Kier molecular flexibility index (Phi) is 4.61. The van der Waals surface area contributed by atoms with Gasteiger partial charge in [-0.2, -0.15) is 0 Å². The number of nitrogens with one attached hydrogen (secondary N) is 1. The van der Waals surface area contributed by atoms with Crippen LogP contribution < -0.4 is 10.2 Å². The molecule has 1 aliphatic heterocycles. The van der Waals surface area contributed by atoms with E-state index in [4.69, 9.17) is 0 Å². The van der Waals surface area contributed by atoms with Crippen LogP contribution in [0.3, 0.4) is 0 Å². The molecule has 28 heavy (non-hydrogen) atoms. The molecular weight excluding hydrogens is 364 g/mol. The number of fused-ring (bicyclic) bond motifs is 1. The van der Waals surface area contributed by atoms with Gasteiger partial charge in [0.15, 0.2) is 5.67 Å². The van der Waals surface area contributed by atoms with Crippen LogP contribution >= 0.6 is 0 Å². The third-order valence-electron chi connectivity index (χ3n) is 5.41. The minimum atomic E-state index is -1.69. The third-order valence-corrected chi connectivity index (χ3v) is 5.41. The van der Waals surface area contributed by atoms with Crippen molar-refractivity contribution in [1.29, 1.82) is 0 Å². The van der Waals surface area contributed by atoms with Crippen molar-refractivity contribution in [3.63, 3.8) is 0 Å². The van der Waals surface area contributed by atoms with Gasteiger partial charge in [-0.05, 0) is 61.9 Å². The Labute approximate surface area is 161 Å². The Hall–Kier alpha value is -2.83. The lowest BCUT2D eigenvalue weighted by molar-refractivity contribution is -0.124. The van der Waals surface area contributed by atoms with Crippen LogP contribution in [0, 0.1) is 5.82 Å². The number of aryl methyl sites for hydroxylation is 1. The number of carbonyl (C=O) groups excluding carboxylic acids is 2. The van der Waals surface area contributed by atoms with Crippen LogP contribution in [0.2, 0.25) is 0 Å². The lowest BCUT2D eigenvalue weighted by Gasteiger charge is -2.31. The number of pyridine rings is 1. The highest BCUT2D eigenvalue weighted by molar-refractivity contribution is 6.02. The molecule has 1 saturated carbocycles. The average Bonchev–Trinajstić information content (AvgIpc) is 3.46. The van der Waals surface area contributed by atoms with Gasteiger partial charge in [-0.3, -0.25) is 9.59 Å². The molecule has 2 aliphatic rings. The Morgan fingerprint density at radius 3 is 2.71 bits per heavy atom. The number of halogens is 2. The Balaban J connectivity index is 1.52. The van der Waals surface area contributed by atoms with Crippen molar-refractivity contribution >= 4 is 23.3 Å². The van der Waals surface area contributed by atoms with Crippen molar-refractivity contribution in [3.05, 3.63) is 53.5 Å². The highest BCUT2D eigenvalue weighted by Crippen LogP contribution is 2.43. The van der Waals surface area contributed by atoms with Gasteiger partial charge in [-0.1, -0.05) is 12.1 Å². The quantitative estimate of drug-likeness (QED) is 0.872. The maximum atomic E-state index is 14.2. The van der Waals surface area contributed by atoms with E-state index in [0.29, 0.717) is 19.4 Å². The molecule has 1 atom stereocenters. The fourth-order valence-corrected chi connectivity index (χ4v) is 3.50. The first kappa shape index (κ1) is 18.5. The molecule has 4 rings (SSSR count). The van der Waals surface area contributed by atoms with Crippen molar-refractivity contribution in [2.24, 2.45) is 0 Å². The normalized spacial score (nSPS) is 18.2. The molecule has 2 amide bonds. The number of rotatable bonds is 4. The lowest BCUT2D eigenvalue weighted by Crippen LogP contribution is -2.41. The molecule has 5 nitrogen and oxygen atoms in total. The first-order chi connectivity index (χ1) is 13.4. The number of hydrogen-bond donors (Lipinski definition) is 1. The van der Waals surface area contributed by atoms with Gasteiger partial charge in [0, 0.05) is 12.2 Å². The number of amides is 2. The molecule has 146 valence electrons. The van der Waals surface area contributed by atoms with Crippen LogP contribution in [0.15, 0.2) is 36.5 Å². The number of benzene rings is 1. The predicted molar refractivity (Wildman–Crippen MR) is 101 cm³/mol. The van der Waals surface area contributed by atoms with Crippen molar-refractivity contribution in [3.8, 4) is 0 Å². The summed E-state index contributed by atoms with van der Waals surface area (Å²) in [5.41, 5.74) is 0.787. The minimum absolute atomic E-state index is 0.261. The monoisotopic (exact) mass is 385 g/mol. The van der Waals surface area contributed by atoms with E-state index in [9.17, 15) is 18.4 Å². The second-order valence-corrected chi connectivity index (χ2v) is 7.49. The van der Waals surface area contributed by atoms with E-state index in [1.807, 2.05) is 6.07 Å². The molecule has 0 spiro atoms. The summed E-state index contributed by atoms with van der Waals surface area (Å²) in [6.45, 7) is 2.29. The zero-order chi connectivity index (χ0) is 19.9. The van der Waals surface area contributed by atoms with E-state index >= 15 is 0 Å². The summed E-state index contributed by atoms with van der Waals surface area (Å²) < 4.78 is 27.2. The number of nitrogens with zero attached hydrogens (tertiary/aromatic N) is 2. The third kappa shape index (κ3) is 3.48. The van der Waals surface area contributed by atoms with Gasteiger partial charge >= 0.3 is 0 Å². The van der Waals surface area contributed by atoms with Crippen molar-refractivity contribution in [2.45, 2.75) is 44.2 Å². The summed E-state index contributed by atoms with van der Waals surface area (Å²) in [5.74, 6) is -1.36. The first-order valence-electron chi connectivity index (χ1n) is 9.43. The van der Waals surface area contributed by atoms with E-state index in [0.717, 1.165) is 35.9 Å². The number of alkyl halides is 1. The van der Waals surface area contributed by atoms with Gasteiger partial charge in [-0.25, -0.2) is 13.8 Å². The van der Waals surface area contributed by atoms with Crippen LogP contribution in [0.4, 0.5) is 20.3 Å². The van der Waals surface area contributed by atoms with E-state index in [2.05, 4.69) is 10.3 Å². The summed E-state index contributed by atoms with van der Waals surface area (Å²) in [7, 11) is 0. The van der Waals surface area contributed by atoms with Gasteiger partial charge in [0.25, 0.3) is 5.91 Å². The second-order valence-electron chi connectivity index (χ2n) is 7.49. The molecule has 1 aliphatic carbocycles. The molecular formula is C21H21F2N3O2. The van der Waals surface area contributed by atoms with Gasteiger partial charge in [0.2, 0.25) is 5.91 Å². The van der Waals surface area contributed by atoms with E-state index < -0.39 is 23.3 Å². The zero-order valence-electron chi connectivity index (χ0n) is 15.5. The van der Waals surface area contributed by atoms with Crippen LogP contribution in [0.25, 0.3) is 0 Å². The largest absolute Gasteiger partial charge is 0.310 e. The molecule has 0 unspecified atom stereocenters. The number of anilines is 2. The van der Waals surface area contributed by atoms with Crippen molar-refractivity contribution < 1.29 is 18.4 Å². The molecule has 2 heterocycles. The zero-order valence-corrected chi connectivity index (χ0v) is 15.5. The fraction of sp³-hybridized carbons (Fsp3) is 0.381. The summed E-state index contributed by atoms with van der Waals surface area (Å²) in [6, 6.07) is 8.14. The SMILES string of the molecule is C[C@H](C(=O)Nc1ccc(F)cn1)c1ccc2c(c1)CCCN2C(=O)C1(F)CC1. The Bertz CT molecular complexity index is 926. The minimum Gasteiger partial charge on any atom is -0.310 e. The van der Waals surface area contributed by atoms with Gasteiger partial charge in [-0.15, -0.1) is 0 Å². The van der Waals surface area contributed by atoms with Gasteiger partial charge in [0.05, 0.1) is 12.1 Å². The topological polar surface area (TPSA) is 62.3 Å². The van der Waals surface area contributed by atoms with Crippen molar-refractivity contribution in [1.82, 2.24) is 4.98 Å². The summed E-state index contributed by atoms with van der Waals surface area (Å²) >= 11 is 0. The van der Waals surface area contributed by atoms with Crippen LogP contribution in [0.5, 0.6) is 0 Å². The van der Waals surface area contributed by atoms with E-state index in [-0.39, 0.29) is 11.7 Å². The molecule has 0 bridgehead atoms. The Morgan fingerprint density at radius 1 is 1.25 bits per heavy atom. The fourth-order valence-electron chi connectivity index (χ4n) is 3.50. The molecule has 1 aromatic carbocycles. The van der Waals surface area contributed by atoms with Crippen LogP contribution in [0.1, 0.15) is 43.2 Å². The second kappa shape index (κ2) is 6.96. The van der Waals surface area contributed by atoms with Crippen LogP contribution in [-0.4, -0.2) is 29.0 Å². The molecule has 0 radical (unpaired) electrons. The molecule has 1 fully saturated rings. The van der Waals surface area contributed by atoms with Crippen LogP contribution in [-0.2, 0) is 16.0 Å². The highest BCUT2D eigenvalue weighted by Gasteiger charge is 2.53. The first-order valence-corrected chi connectivity index (χ1v) is 9.43. The smallest absolute Gasteiger partial charge is 0.264 e. The summed E-state index contributed by atoms with van der Waals surface area (Å²) in [5, 5.41) is 2.67. The highest BCUT2D eigenvalue weighted by atomic mass is 19.1. The molecule has 7 heteroatoms. The molecule has 0 saturated heterocycles. The molecule has 1 aromatic heterocycles.